The number of amides is 1. The summed E-state index contributed by atoms with van der Waals surface area (Å²) in [6.45, 7) is 0.348. The zero-order chi connectivity index (χ0) is 13.5. The molecule has 0 aliphatic rings. The summed E-state index contributed by atoms with van der Waals surface area (Å²) in [5.74, 6) is -0.251. The molecule has 0 atom stereocenters. The van der Waals surface area contributed by atoms with Gasteiger partial charge in [-0.1, -0.05) is 30.3 Å². The molecule has 0 aromatic heterocycles. The molecule has 0 spiro atoms. The highest BCUT2D eigenvalue weighted by molar-refractivity contribution is 5.93. The van der Waals surface area contributed by atoms with Gasteiger partial charge >= 0.3 is 0 Å². The van der Waals surface area contributed by atoms with Crippen molar-refractivity contribution < 1.29 is 9.63 Å². The topological polar surface area (TPSA) is 50.4 Å². The highest BCUT2D eigenvalue weighted by Crippen LogP contribution is 2.08. The number of hydrogen-bond acceptors (Lipinski definition) is 3. The lowest BCUT2D eigenvalue weighted by Gasteiger charge is -2.06. The van der Waals surface area contributed by atoms with Gasteiger partial charge in [-0.2, -0.15) is 0 Å². The van der Waals surface area contributed by atoms with Crippen molar-refractivity contribution in [3.8, 4) is 0 Å². The molecular formula is C15H16N2O2. The van der Waals surface area contributed by atoms with Crippen molar-refractivity contribution in [3.05, 3.63) is 65.7 Å². The molecule has 2 aromatic carbocycles. The van der Waals surface area contributed by atoms with Gasteiger partial charge in [0.05, 0.1) is 6.61 Å². The summed E-state index contributed by atoms with van der Waals surface area (Å²) >= 11 is 0. The maximum Gasteiger partial charge on any atom is 0.274 e. The predicted molar refractivity (Wildman–Crippen MR) is 74.7 cm³/mol. The number of nitrogens with one attached hydrogen (secondary N) is 2. The van der Waals surface area contributed by atoms with E-state index >= 15 is 0 Å². The van der Waals surface area contributed by atoms with Crippen LogP contribution < -0.4 is 10.8 Å². The van der Waals surface area contributed by atoms with Crippen molar-refractivity contribution in [2.24, 2.45) is 0 Å². The van der Waals surface area contributed by atoms with E-state index in [9.17, 15) is 4.79 Å². The normalized spacial score (nSPS) is 9.95. The maximum absolute atomic E-state index is 11.8. The Bertz CT molecular complexity index is 524. The van der Waals surface area contributed by atoms with Crippen LogP contribution in [0.2, 0.25) is 0 Å². The second kappa shape index (κ2) is 6.56. The minimum Gasteiger partial charge on any atom is -0.388 e. The molecule has 0 fully saturated rings. The Hall–Kier alpha value is -2.33. The zero-order valence-corrected chi connectivity index (χ0v) is 10.7. The van der Waals surface area contributed by atoms with Crippen LogP contribution in [0, 0.1) is 0 Å². The molecule has 1 amide bonds. The van der Waals surface area contributed by atoms with Crippen molar-refractivity contribution in [3.63, 3.8) is 0 Å². The van der Waals surface area contributed by atoms with Gasteiger partial charge in [-0.25, -0.2) is 5.48 Å². The van der Waals surface area contributed by atoms with Crippen LogP contribution in [0.3, 0.4) is 0 Å². The molecular weight excluding hydrogens is 240 g/mol. The number of rotatable bonds is 5. The molecule has 98 valence electrons. The van der Waals surface area contributed by atoms with Gasteiger partial charge in [-0.05, 0) is 29.8 Å². The Morgan fingerprint density at radius 2 is 1.74 bits per heavy atom. The van der Waals surface area contributed by atoms with Gasteiger partial charge in [0.1, 0.15) is 0 Å². The van der Waals surface area contributed by atoms with E-state index < -0.39 is 0 Å². The molecule has 0 heterocycles. The molecule has 0 saturated carbocycles. The number of carbonyl (C=O) groups excluding carboxylic acids is 1. The van der Waals surface area contributed by atoms with Crippen LogP contribution in [-0.2, 0) is 11.4 Å². The second-order valence-corrected chi connectivity index (χ2v) is 4.03. The Morgan fingerprint density at radius 1 is 1.05 bits per heavy atom. The average Bonchev–Trinajstić information content (AvgIpc) is 2.48. The fourth-order valence-electron chi connectivity index (χ4n) is 1.61. The maximum atomic E-state index is 11.8. The van der Waals surface area contributed by atoms with E-state index in [4.69, 9.17) is 4.84 Å². The number of hydroxylamine groups is 1. The van der Waals surface area contributed by atoms with Crippen LogP contribution in [0.1, 0.15) is 15.9 Å². The van der Waals surface area contributed by atoms with E-state index in [0.717, 1.165) is 11.3 Å². The van der Waals surface area contributed by atoms with Crippen LogP contribution >= 0.6 is 0 Å². The predicted octanol–water partition coefficient (Wildman–Crippen LogP) is 2.59. The molecule has 4 heteroatoms. The van der Waals surface area contributed by atoms with Gasteiger partial charge in [-0.3, -0.25) is 9.63 Å². The van der Waals surface area contributed by atoms with Gasteiger partial charge < -0.3 is 5.32 Å². The second-order valence-electron chi connectivity index (χ2n) is 4.03. The van der Waals surface area contributed by atoms with Crippen LogP contribution in [0.5, 0.6) is 0 Å². The molecule has 2 N–H and O–H groups in total. The van der Waals surface area contributed by atoms with E-state index in [-0.39, 0.29) is 5.91 Å². The van der Waals surface area contributed by atoms with Crippen LogP contribution in [0.4, 0.5) is 5.69 Å². The Labute approximate surface area is 112 Å². The van der Waals surface area contributed by atoms with Gasteiger partial charge in [0.25, 0.3) is 5.91 Å². The summed E-state index contributed by atoms with van der Waals surface area (Å²) in [6.07, 6.45) is 0. The fraction of sp³-hybridized carbons (Fsp3) is 0.133. The van der Waals surface area contributed by atoms with Crippen LogP contribution in [0.15, 0.2) is 54.6 Å². The van der Waals surface area contributed by atoms with Crippen LogP contribution in [-0.4, -0.2) is 13.0 Å². The SMILES string of the molecule is CNc1ccc(C(=O)NOCc2ccccc2)cc1. The summed E-state index contributed by atoms with van der Waals surface area (Å²) in [5.41, 5.74) is 4.96. The lowest BCUT2D eigenvalue weighted by Crippen LogP contribution is -2.23. The lowest BCUT2D eigenvalue weighted by molar-refractivity contribution is 0.0233. The largest absolute Gasteiger partial charge is 0.388 e. The number of anilines is 1. The Balaban J connectivity index is 1.84. The zero-order valence-electron chi connectivity index (χ0n) is 10.7. The smallest absolute Gasteiger partial charge is 0.274 e. The van der Waals surface area contributed by atoms with E-state index in [1.165, 1.54) is 0 Å². The first-order valence-electron chi connectivity index (χ1n) is 6.03. The van der Waals surface area contributed by atoms with Gasteiger partial charge in [0.15, 0.2) is 0 Å². The number of carbonyl (C=O) groups is 1. The van der Waals surface area contributed by atoms with Crippen LogP contribution in [0.25, 0.3) is 0 Å². The van der Waals surface area contributed by atoms with E-state index in [1.54, 1.807) is 12.1 Å². The summed E-state index contributed by atoms with van der Waals surface area (Å²) in [7, 11) is 1.83. The third-order valence-corrected chi connectivity index (χ3v) is 2.68. The van der Waals surface area contributed by atoms with E-state index in [0.29, 0.717) is 12.2 Å². The fourth-order valence-corrected chi connectivity index (χ4v) is 1.61. The van der Waals surface area contributed by atoms with Gasteiger partial charge in [-0.15, -0.1) is 0 Å². The first-order valence-corrected chi connectivity index (χ1v) is 6.03. The molecule has 0 bridgehead atoms. The molecule has 0 aliphatic heterocycles. The highest BCUT2D eigenvalue weighted by Gasteiger charge is 2.04. The standard InChI is InChI=1S/C15H16N2O2/c1-16-14-9-7-13(8-10-14)15(18)17-19-11-12-5-3-2-4-6-12/h2-10,16H,11H2,1H3,(H,17,18). The number of benzene rings is 2. The van der Waals surface area contributed by atoms with Crippen molar-refractivity contribution in [2.45, 2.75) is 6.61 Å². The van der Waals surface area contributed by atoms with Crippen molar-refractivity contribution in [2.75, 3.05) is 12.4 Å². The third kappa shape index (κ3) is 3.82. The highest BCUT2D eigenvalue weighted by atomic mass is 16.6. The molecule has 2 aromatic rings. The summed E-state index contributed by atoms with van der Waals surface area (Å²) in [5, 5.41) is 2.99. The van der Waals surface area contributed by atoms with Crippen molar-refractivity contribution >= 4 is 11.6 Å². The summed E-state index contributed by atoms with van der Waals surface area (Å²) < 4.78 is 0. The lowest BCUT2D eigenvalue weighted by atomic mass is 10.2. The Kier molecular flexibility index (Phi) is 4.53. The van der Waals surface area contributed by atoms with Crippen molar-refractivity contribution in [1.29, 1.82) is 0 Å². The molecule has 0 saturated heterocycles. The quantitative estimate of drug-likeness (QED) is 0.808. The molecule has 0 radical (unpaired) electrons. The summed E-state index contributed by atoms with van der Waals surface area (Å²) in [4.78, 5) is 17.0. The number of hydrogen-bond donors (Lipinski definition) is 2. The van der Waals surface area contributed by atoms with Gasteiger partial charge in [0.2, 0.25) is 0 Å². The molecule has 4 nitrogen and oxygen atoms in total. The van der Waals surface area contributed by atoms with E-state index in [2.05, 4.69) is 10.8 Å². The first-order chi connectivity index (χ1) is 9.29. The van der Waals surface area contributed by atoms with Crippen molar-refractivity contribution in [1.82, 2.24) is 5.48 Å². The minimum absolute atomic E-state index is 0.251. The molecule has 0 unspecified atom stereocenters. The molecule has 0 aliphatic carbocycles. The Morgan fingerprint density at radius 3 is 2.37 bits per heavy atom. The summed E-state index contributed by atoms with van der Waals surface area (Å²) in [6, 6.07) is 16.8. The monoisotopic (exact) mass is 256 g/mol. The third-order valence-electron chi connectivity index (χ3n) is 2.68. The molecule has 2 rings (SSSR count). The minimum atomic E-state index is -0.251. The molecule has 19 heavy (non-hydrogen) atoms. The van der Waals surface area contributed by atoms with E-state index in [1.807, 2.05) is 49.5 Å². The first kappa shape index (κ1) is 13.1. The average molecular weight is 256 g/mol. The van der Waals surface area contributed by atoms with Gasteiger partial charge in [0, 0.05) is 18.3 Å².